The average Bonchev–Trinajstić information content (AvgIpc) is 2.33. The number of aromatic nitrogens is 1. The predicted octanol–water partition coefficient (Wildman–Crippen LogP) is 2.63. The molecule has 0 unspecified atom stereocenters. The van der Waals surface area contributed by atoms with Crippen LogP contribution in [0.4, 0.5) is 17.3 Å². The van der Waals surface area contributed by atoms with E-state index < -0.39 is 4.92 Å². The van der Waals surface area contributed by atoms with Gasteiger partial charge in [-0.25, -0.2) is 4.98 Å². The summed E-state index contributed by atoms with van der Waals surface area (Å²) in [6.45, 7) is 5.56. The van der Waals surface area contributed by atoms with E-state index in [9.17, 15) is 10.1 Å². The van der Waals surface area contributed by atoms with E-state index >= 15 is 0 Å². The van der Waals surface area contributed by atoms with Crippen LogP contribution in [0.5, 0.6) is 0 Å². The zero-order valence-electron chi connectivity index (χ0n) is 10.2. The number of nitrogens with zero attached hydrogens (tertiary/aromatic N) is 2. The van der Waals surface area contributed by atoms with Crippen LogP contribution in [0.1, 0.15) is 26.7 Å². The highest BCUT2D eigenvalue weighted by atomic mass is 16.6. The van der Waals surface area contributed by atoms with Crippen LogP contribution >= 0.6 is 0 Å². The van der Waals surface area contributed by atoms with Gasteiger partial charge in [0.1, 0.15) is 11.6 Å². The monoisotopic (exact) mass is 238 g/mol. The Hall–Kier alpha value is -1.85. The van der Waals surface area contributed by atoms with Crippen molar-refractivity contribution < 1.29 is 4.92 Å². The molecule has 0 aliphatic heterocycles. The van der Waals surface area contributed by atoms with Crippen molar-refractivity contribution >= 4 is 17.3 Å². The third kappa shape index (κ3) is 4.26. The normalized spacial score (nSPS) is 10.0. The first-order chi connectivity index (χ1) is 8.17. The first kappa shape index (κ1) is 13.2. The van der Waals surface area contributed by atoms with Gasteiger partial charge < -0.3 is 10.6 Å². The molecule has 0 atom stereocenters. The van der Waals surface area contributed by atoms with E-state index in [1.54, 1.807) is 0 Å². The zero-order chi connectivity index (χ0) is 12.7. The van der Waals surface area contributed by atoms with Crippen molar-refractivity contribution in [3.8, 4) is 0 Å². The molecule has 2 N–H and O–H groups in total. The molecule has 0 fully saturated rings. The van der Waals surface area contributed by atoms with E-state index in [-0.39, 0.29) is 5.69 Å². The van der Waals surface area contributed by atoms with Gasteiger partial charge in [0, 0.05) is 13.1 Å². The third-order valence-electron chi connectivity index (χ3n) is 2.13. The summed E-state index contributed by atoms with van der Waals surface area (Å²) in [5, 5.41) is 16.9. The number of nitro groups is 1. The lowest BCUT2D eigenvalue weighted by Gasteiger charge is -2.08. The molecule has 1 rings (SSSR count). The van der Waals surface area contributed by atoms with E-state index in [0.717, 1.165) is 25.9 Å². The maximum absolute atomic E-state index is 10.8. The lowest BCUT2D eigenvalue weighted by molar-refractivity contribution is -0.384. The molecular formula is C11H18N4O2. The fourth-order valence-electron chi connectivity index (χ4n) is 1.31. The van der Waals surface area contributed by atoms with Crippen molar-refractivity contribution in [3.63, 3.8) is 0 Å². The Balaban J connectivity index is 2.88. The van der Waals surface area contributed by atoms with Gasteiger partial charge in [0.2, 0.25) is 0 Å². The highest BCUT2D eigenvalue weighted by molar-refractivity contribution is 5.54. The Morgan fingerprint density at radius 3 is 2.00 bits per heavy atom. The van der Waals surface area contributed by atoms with Crippen LogP contribution in [0.25, 0.3) is 0 Å². The van der Waals surface area contributed by atoms with Gasteiger partial charge in [-0.2, -0.15) is 0 Å². The van der Waals surface area contributed by atoms with Crippen molar-refractivity contribution in [1.82, 2.24) is 4.98 Å². The maximum atomic E-state index is 10.8. The third-order valence-corrected chi connectivity index (χ3v) is 2.13. The van der Waals surface area contributed by atoms with E-state index in [2.05, 4.69) is 15.6 Å². The van der Waals surface area contributed by atoms with Crippen LogP contribution in [0.3, 0.4) is 0 Å². The molecule has 0 saturated heterocycles. The summed E-state index contributed by atoms with van der Waals surface area (Å²) in [5.74, 6) is 1.08. The Kier molecular flexibility index (Phi) is 5.19. The van der Waals surface area contributed by atoms with Crippen LogP contribution < -0.4 is 10.6 Å². The van der Waals surface area contributed by atoms with Crippen LogP contribution in [0, 0.1) is 10.1 Å². The molecule has 1 aromatic heterocycles. The molecule has 0 spiro atoms. The van der Waals surface area contributed by atoms with Crippen LogP contribution in [-0.2, 0) is 0 Å². The highest BCUT2D eigenvalue weighted by Crippen LogP contribution is 2.20. The summed E-state index contributed by atoms with van der Waals surface area (Å²) in [5.41, 5.74) is 0.0530. The molecule has 0 aliphatic rings. The summed E-state index contributed by atoms with van der Waals surface area (Å²) < 4.78 is 0. The fourth-order valence-corrected chi connectivity index (χ4v) is 1.31. The molecule has 0 aromatic carbocycles. The van der Waals surface area contributed by atoms with Crippen molar-refractivity contribution in [2.24, 2.45) is 0 Å². The predicted molar refractivity (Wildman–Crippen MR) is 68.5 cm³/mol. The minimum absolute atomic E-state index is 0.0530. The van der Waals surface area contributed by atoms with Gasteiger partial charge in [-0.3, -0.25) is 10.1 Å². The molecule has 0 bridgehead atoms. The molecule has 6 nitrogen and oxygen atoms in total. The molecular weight excluding hydrogens is 220 g/mol. The first-order valence-corrected chi connectivity index (χ1v) is 5.81. The lowest BCUT2D eigenvalue weighted by atomic mass is 10.3. The lowest BCUT2D eigenvalue weighted by Crippen LogP contribution is -2.07. The second-order valence-corrected chi connectivity index (χ2v) is 3.71. The Morgan fingerprint density at radius 2 is 1.65 bits per heavy atom. The smallest absolute Gasteiger partial charge is 0.276 e. The number of rotatable bonds is 7. The summed E-state index contributed by atoms with van der Waals surface area (Å²) in [6.07, 6.45) is 1.89. The minimum atomic E-state index is -0.407. The molecule has 1 heterocycles. The topological polar surface area (TPSA) is 80.1 Å². The minimum Gasteiger partial charge on any atom is -0.370 e. The van der Waals surface area contributed by atoms with Crippen LogP contribution in [0.2, 0.25) is 0 Å². The van der Waals surface area contributed by atoms with Crippen molar-refractivity contribution in [2.75, 3.05) is 23.7 Å². The van der Waals surface area contributed by atoms with Crippen molar-refractivity contribution in [2.45, 2.75) is 26.7 Å². The molecule has 0 aliphatic carbocycles. The van der Waals surface area contributed by atoms with Gasteiger partial charge in [0.15, 0.2) is 0 Å². The number of hydrogen-bond donors (Lipinski definition) is 2. The number of pyridine rings is 1. The average molecular weight is 238 g/mol. The second-order valence-electron chi connectivity index (χ2n) is 3.71. The van der Waals surface area contributed by atoms with Crippen LogP contribution in [-0.4, -0.2) is 23.0 Å². The Labute approximate surface area is 101 Å². The zero-order valence-corrected chi connectivity index (χ0v) is 10.2. The van der Waals surface area contributed by atoms with E-state index in [4.69, 9.17) is 0 Å². The summed E-state index contributed by atoms with van der Waals surface area (Å²) in [6, 6.07) is 2.90. The molecule has 6 heteroatoms. The van der Waals surface area contributed by atoms with E-state index in [1.165, 1.54) is 12.1 Å². The highest BCUT2D eigenvalue weighted by Gasteiger charge is 2.10. The largest absolute Gasteiger partial charge is 0.370 e. The summed E-state index contributed by atoms with van der Waals surface area (Å²) >= 11 is 0. The van der Waals surface area contributed by atoms with Gasteiger partial charge in [0.25, 0.3) is 5.69 Å². The number of nitrogens with one attached hydrogen (secondary N) is 2. The molecule has 17 heavy (non-hydrogen) atoms. The quantitative estimate of drug-likeness (QED) is 0.563. The standard InChI is InChI=1S/C11H18N4O2/c1-3-5-12-10-7-9(15(16)17)8-11(14-10)13-6-4-2/h7-8H,3-6H2,1-2H3,(H2,12,13,14). The SMILES string of the molecule is CCCNc1cc([N+](=O)[O-])cc(NCCC)n1. The Morgan fingerprint density at radius 1 is 1.18 bits per heavy atom. The summed E-state index contributed by atoms with van der Waals surface area (Å²) in [4.78, 5) is 14.6. The molecule has 94 valence electrons. The summed E-state index contributed by atoms with van der Waals surface area (Å²) in [7, 11) is 0. The molecule has 0 amide bonds. The Bertz CT molecular complexity index is 355. The second kappa shape index (κ2) is 6.67. The van der Waals surface area contributed by atoms with Gasteiger partial charge in [-0.15, -0.1) is 0 Å². The van der Waals surface area contributed by atoms with E-state index in [1.807, 2.05) is 13.8 Å². The van der Waals surface area contributed by atoms with Crippen molar-refractivity contribution in [1.29, 1.82) is 0 Å². The van der Waals surface area contributed by atoms with Gasteiger partial charge in [0.05, 0.1) is 17.1 Å². The number of anilines is 2. The van der Waals surface area contributed by atoms with Crippen molar-refractivity contribution in [3.05, 3.63) is 22.2 Å². The maximum Gasteiger partial charge on any atom is 0.276 e. The first-order valence-electron chi connectivity index (χ1n) is 5.81. The van der Waals surface area contributed by atoms with Gasteiger partial charge in [-0.05, 0) is 12.8 Å². The van der Waals surface area contributed by atoms with Gasteiger partial charge >= 0.3 is 0 Å². The van der Waals surface area contributed by atoms with Gasteiger partial charge in [-0.1, -0.05) is 13.8 Å². The molecule has 0 radical (unpaired) electrons. The van der Waals surface area contributed by atoms with E-state index in [0.29, 0.717) is 11.6 Å². The fraction of sp³-hybridized carbons (Fsp3) is 0.545. The number of hydrogen-bond acceptors (Lipinski definition) is 5. The van der Waals surface area contributed by atoms with Crippen LogP contribution in [0.15, 0.2) is 12.1 Å². The molecule has 1 aromatic rings. The molecule has 0 saturated carbocycles.